The van der Waals surface area contributed by atoms with Crippen molar-refractivity contribution in [2.75, 3.05) is 6.61 Å². The van der Waals surface area contributed by atoms with E-state index in [0.717, 1.165) is 11.1 Å². The van der Waals surface area contributed by atoms with Crippen LogP contribution in [0.1, 0.15) is 6.92 Å². The van der Waals surface area contributed by atoms with E-state index in [2.05, 4.69) is 4.74 Å². The van der Waals surface area contributed by atoms with Gasteiger partial charge in [0, 0.05) is 11.6 Å². The summed E-state index contributed by atoms with van der Waals surface area (Å²) in [5.74, 6) is -0.196. The van der Waals surface area contributed by atoms with E-state index in [1.807, 2.05) is 6.92 Å². The molecule has 6 heteroatoms. The van der Waals surface area contributed by atoms with Crippen LogP contribution in [-0.4, -0.2) is 13.0 Å². The zero-order valence-electron chi connectivity index (χ0n) is 14.4. The molecule has 0 N–H and O–H groups in total. The van der Waals surface area contributed by atoms with Gasteiger partial charge in [-0.1, -0.05) is 36.4 Å². The largest absolute Gasteiger partial charge is 0.573 e. The number of rotatable bonds is 5. The Bertz CT molecular complexity index is 901. The summed E-state index contributed by atoms with van der Waals surface area (Å²) in [4.78, 5) is 0. The van der Waals surface area contributed by atoms with E-state index >= 15 is 0 Å². The predicted octanol–water partition coefficient (Wildman–Crippen LogP) is 6.46. The van der Waals surface area contributed by atoms with Crippen LogP contribution >= 0.6 is 0 Å². The Kier molecular flexibility index (Phi) is 5.35. The molecule has 27 heavy (non-hydrogen) atoms. The number of alkyl halides is 3. The SMILES string of the molecule is CCOc1ccc(-c2ccc(-c3ccc(OC(F)(F)F)cc3)cc2)c(F)c1. The molecule has 3 aromatic carbocycles. The molecule has 0 heterocycles. The van der Waals surface area contributed by atoms with Crippen molar-refractivity contribution in [3.8, 4) is 33.8 Å². The highest BCUT2D eigenvalue weighted by molar-refractivity contribution is 5.71. The number of ether oxygens (including phenoxy) is 2. The molecule has 0 aromatic heterocycles. The lowest BCUT2D eigenvalue weighted by atomic mass is 10.00. The number of halogens is 4. The van der Waals surface area contributed by atoms with Crippen molar-refractivity contribution in [1.29, 1.82) is 0 Å². The van der Waals surface area contributed by atoms with Crippen molar-refractivity contribution >= 4 is 0 Å². The summed E-state index contributed by atoms with van der Waals surface area (Å²) in [6.07, 6.45) is -4.72. The van der Waals surface area contributed by atoms with Crippen molar-refractivity contribution in [1.82, 2.24) is 0 Å². The fraction of sp³-hybridized carbons (Fsp3) is 0.143. The highest BCUT2D eigenvalue weighted by atomic mass is 19.4. The molecule has 0 atom stereocenters. The van der Waals surface area contributed by atoms with Crippen LogP contribution in [0, 0.1) is 5.82 Å². The smallest absolute Gasteiger partial charge is 0.494 e. The first kappa shape index (κ1) is 18.8. The van der Waals surface area contributed by atoms with Crippen LogP contribution in [0.5, 0.6) is 11.5 Å². The zero-order chi connectivity index (χ0) is 19.4. The maximum atomic E-state index is 14.3. The van der Waals surface area contributed by atoms with E-state index in [0.29, 0.717) is 23.5 Å². The number of hydrogen-bond donors (Lipinski definition) is 0. The van der Waals surface area contributed by atoms with E-state index in [1.54, 1.807) is 36.4 Å². The van der Waals surface area contributed by atoms with Gasteiger partial charge in [-0.15, -0.1) is 13.2 Å². The van der Waals surface area contributed by atoms with E-state index in [1.165, 1.54) is 30.3 Å². The van der Waals surface area contributed by atoms with E-state index in [9.17, 15) is 17.6 Å². The second-order valence-electron chi connectivity index (χ2n) is 5.72. The molecule has 0 aliphatic rings. The van der Waals surface area contributed by atoms with E-state index in [4.69, 9.17) is 4.74 Å². The summed E-state index contributed by atoms with van der Waals surface area (Å²) < 4.78 is 60.0. The second kappa shape index (κ2) is 7.70. The Hall–Kier alpha value is -3.02. The predicted molar refractivity (Wildman–Crippen MR) is 95.1 cm³/mol. The third-order valence-electron chi connectivity index (χ3n) is 3.87. The van der Waals surface area contributed by atoms with Crippen LogP contribution < -0.4 is 9.47 Å². The summed E-state index contributed by atoms with van der Waals surface area (Å²) in [5, 5.41) is 0. The summed E-state index contributed by atoms with van der Waals surface area (Å²) in [7, 11) is 0. The maximum Gasteiger partial charge on any atom is 0.573 e. The van der Waals surface area contributed by atoms with Gasteiger partial charge in [-0.05, 0) is 47.9 Å². The topological polar surface area (TPSA) is 18.5 Å². The Morgan fingerprint density at radius 3 is 1.78 bits per heavy atom. The molecule has 0 amide bonds. The van der Waals surface area contributed by atoms with Crippen molar-refractivity contribution < 1.29 is 27.0 Å². The molecule has 3 aromatic rings. The molecule has 140 valence electrons. The first-order valence-electron chi connectivity index (χ1n) is 8.24. The molecule has 0 aliphatic heterocycles. The van der Waals surface area contributed by atoms with Crippen molar-refractivity contribution in [3.63, 3.8) is 0 Å². The zero-order valence-corrected chi connectivity index (χ0v) is 14.4. The average molecular weight is 376 g/mol. The first-order chi connectivity index (χ1) is 12.9. The molecule has 0 radical (unpaired) electrons. The number of benzene rings is 3. The Balaban J connectivity index is 1.79. The second-order valence-corrected chi connectivity index (χ2v) is 5.72. The van der Waals surface area contributed by atoms with Crippen LogP contribution in [0.3, 0.4) is 0 Å². The molecule has 0 fully saturated rings. The van der Waals surface area contributed by atoms with Crippen LogP contribution in [0.4, 0.5) is 17.6 Å². The quantitative estimate of drug-likeness (QED) is 0.476. The minimum absolute atomic E-state index is 0.278. The Morgan fingerprint density at radius 1 is 0.741 bits per heavy atom. The first-order valence-corrected chi connectivity index (χ1v) is 8.24. The molecule has 3 rings (SSSR count). The molecule has 2 nitrogen and oxygen atoms in total. The van der Waals surface area contributed by atoms with Crippen LogP contribution in [-0.2, 0) is 0 Å². The lowest BCUT2D eigenvalue weighted by Crippen LogP contribution is -2.16. The van der Waals surface area contributed by atoms with Gasteiger partial charge in [0.05, 0.1) is 6.61 Å². The minimum atomic E-state index is -4.72. The van der Waals surface area contributed by atoms with Crippen molar-refractivity contribution in [2.45, 2.75) is 13.3 Å². The van der Waals surface area contributed by atoms with Crippen molar-refractivity contribution in [3.05, 3.63) is 72.5 Å². The Labute approximate surface area is 154 Å². The van der Waals surface area contributed by atoms with Crippen molar-refractivity contribution in [2.24, 2.45) is 0 Å². The van der Waals surface area contributed by atoms with E-state index in [-0.39, 0.29) is 11.6 Å². The fourth-order valence-electron chi connectivity index (χ4n) is 2.68. The normalized spacial score (nSPS) is 11.3. The highest BCUT2D eigenvalue weighted by Crippen LogP contribution is 2.30. The summed E-state index contributed by atoms with van der Waals surface area (Å²) in [5.41, 5.74) is 2.65. The molecular weight excluding hydrogens is 360 g/mol. The number of hydrogen-bond acceptors (Lipinski definition) is 2. The molecule has 0 spiro atoms. The summed E-state index contributed by atoms with van der Waals surface area (Å²) >= 11 is 0. The highest BCUT2D eigenvalue weighted by Gasteiger charge is 2.30. The third kappa shape index (κ3) is 4.78. The van der Waals surface area contributed by atoms with Crippen LogP contribution in [0.15, 0.2) is 66.7 Å². The summed E-state index contributed by atoms with van der Waals surface area (Å²) in [6, 6.07) is 17.4. The molecule has 0 saturated heterocycles. The standard InChI is InChI=1S/C21H16F4O2/c1-2-26-18-11-12-19(20(22)13-18)16-5-3-14(4-6-16)15-7-9-17(10-8-15)27-21(23,24)25/h3-13H,2H2,1H3. The Morgan fingerprint density at radius 2 is 1.26 bits per heavy atom. The fourth-order valence-corrected chi connectivity index (χ4v) is 2.68. The van der Waals surface area contributed by atoms with Crippen LogP contribution in [0.2, 0.25) is 0 Å². The van der Waals surface area contributed by atoms with Gasteiger partial charge in [0.15, 0.2) is 0 Å². The molecular formula is C21H16F4O2. The average Bonchev–Trinajstić information content (AvgIpc) is 2.62. The molecule has 0 unspecified atom stereocenters. The molecule has 0 aliphatic carbocycles. The van der Waals surface area contributed by atoms with Crippen LogP contribution in [0.25, 0.3) is 22.3 Å². The molecule has 0 bridgehead atoms. The maximum absolute atomic E-state index is 14.3. The van der Waals surface area contributed by atoms with Gasteiger partial charge in [0.25, 0.3) is 0 Å². The van der Waals surface area contributed by atoms with Gasteiger partial charge in [-0.2, -0.15) is 0 Å². The van der Waals surface area contributed by atoms with E-state index < -0.39 is 6.36 Å². The van der Waals surface area contributed by atoms with Gasteiger partial charge in [-0.25, -0.2) is 4.39 Å². The third-order valence-corrected chi connectivity index (χ3v) is 3.87. The lowest BCUT2D eigenvalue weighted by Gasteiger charge is -2.10. The van der Waals surface area contributed by atoms with Gasteiger partial charge in [0.1, 0.15) is 17.3 Å². The van der Waals surface area contributed by atoms with Gasteiger partial charge in [0.2, 0.25) is 0 Å². The molecule has 0 saturated carbocycles. The monoisotopic (exact) mass is 376 g/mol. The van der Waals surface area contributed by atoms with Gasteiger partial charge >= 0.3 is 6.36 Å². The van der Waals surface area contributed by atoms with Gasteiger partial charge < -0.3 is 9.47 Å². The van der Waals surface area contributed by atoms with Gasteiger partial charge in [-0.3, -0.25) is 0 Å². The summed E-state index contributed by atoms with van der Waals surface area (Å²) in [6.45, 7) is 2.28. The minimum Gasteiger partial charge on any atom is -0.494 e. The lowest BCUT2D eigenvalue weighted by molar-refractivity contribution is -0.274.